The van der Waals surface area contributed by atoms with Crippen LogP contribution in [0.15, 0.2) is 52.5 Å². The molecule has 2 heterocycles. The molecule has 0 spiro atoms. The first-order chi connectivity index (χ1) is 10.2. The Hall–Kier alpha value is -1.86. The van der Waals surface area contributed by atoms with E-state index in [0.717, 1.165) is 4.88 Å². The van der Waals surface area contributed by atoms with Crippen LogP contribution >= 0.6 is 23.1 Å². The Balaban J connectivity index is 1.91. The molecule has 7 heteroatoms. The number of nitrogens with zero attached hydrogens (tertiary/aromatic N) is 3. The van der Waals surface area contributed by atoms with E-state index in [9.17, 15) is 4.79 Å². The molecule has 0 aliphatic rings. The van der Waals surface area contributed by atoms with Crippen molar-refractivity contribution in [2.45, 2.75) is 5.22 Å². The molecule has 0 radical (unpaired) electrons. The summed E-state index contributed by atoms with van der Waals surface area (Å²) < 4.78 is 5.52. The second-order valence-electron chi connectivity index (χ2n) is 4.02. The van der Waals surface area contributed by atoms with Gasteiger partial charge in [0.1, 0.15) is 0 Å². The Labute approximate surface area is 131 Å². The molecule has 0 N–H and O–H groups in total. The molecule has 2 aromatic heterocycles. The fraction of sp³-hybridized carbons (Fsp3) is 0.214. The van der Waals surface area contributed by atoms with Crippen LogP contribution < -0.4 is 0 Å². The lowest BCUT2D eigenvalue weighted by Crippen LogP contribution is -2.32. The first-order valence-corrected chi connectivity index (χ1v) is 8.11. The number of amides is 1. The summed E-state index contributed by atoms with van der Waals surface area (Å²) in [5.41, 5.74) is 0. The van der Waals surface area contributed by atoms with Gasteiger partial charge in [0.15, 0.2) is 0 Å². The summed E-state index contributed by atoms with van der Waals surface area (Å²) in [5.74, 6) is 0.706. The number of hydrogen-bond acceptors (Lipinski definition) is 6. The molecule has 0 fully saturated rings. The lowest BCUT2D eigenvalue weighted by molar-refractivity contribution is -0.127. The molecule has 5 nitrogen and oxygen atoms in total. The molecule has 21 heavy (non-hydrogen) atoms. The highest BCUT2D eigenvalue weighted by Gasteiger charge is 2.15. The van der Waals surface area contributed by atoms with Gasteiger partial charge in [-0.2, -0.15) is 0 Å². The molecule has 0 aromatic carbocycles. The highest BCUT2D eigenvalue weighted by Crippen LogP contribution is 2.26. The number of rotatable bonds is 8. The molecular weight excluding hydrogens is 306 g/mol. The van der Waals surface area contributed by atoms with E-state index in [1.54, 1.807) is 17.1 Å². The lowest BCUT2D eigenvalue weighted by atomic mass is 10.4. The third kappa shape index (κ3) is 4.30. The van der Waals surface area contributed by atoms with Gasteiger partial charge in [-0.1, -0.05) is 30.0 Å². The van der Waals surface area contributed by atoms with Crippen LogP contribution in [-0.2, 0) is 4.79 Å². The molecule has 0 aliphatic carbocycles. The monoisotopic (exact) mass is 321 g/mol. The fourth-order valence-corrected chi connectivity index (χ4v) is 2.88. The Kier molecular flexibility index (Phi) is 5.77. The van der Waals surface area contributed by atoms with E-state index in [4.69, 9.17) is 4.42 Å². The minimum Gasteiger partial charge on any atom is -0.410 e. The van der Waals surface area contributed by atoms with Crippen LogP contribution in [0.5, 0.6) is 0 Å². The van der Waals surface area contributed by atoms with Gasteiger partial charge in [0.2, 0.25) is 5.91 Å². The molecule has 0 unspecified atom stereocenters. The predicted octanol–water partition coefficient (Wildman–Crippen LogP) is 3.09. The fourth-order valence-electron chi connectivity index (χ4n) is 1.57. The van der Waals surface area contributed by atoms with Gasteiger partial charge in [-0.25, -0.2) is 0 Å². The van der Waals surface area contributed by atoms with Crippen LogP contribution in [0.1, 0.15) is 0 Å². The zero-order valence-electron chi connectivity index (χ0n) is 11.4. The van der Waals surface area contributed by atoms with Crippen molar-refractivity contribution in [3.63, 3.8) is 0 Å². The average Bonchev–Trinajstić information content (AvgIpc) is 3.15. The third-order valence-electron chi connectivity index (χ3n) is 2.51. The molecule has 0 aliphatic heterocycles. The molecule has 0 atom stereocenters. The van der Waals surface area contributed by atoms with Gasteiger partial charge in [0.05, 0.1) is 10.6 Å². The number of thiophene rings is 1. The largest absolute Gasteiger partial charge is 0.410 e. The number of hydrogen-bond donors (Lipinski definition) is 0. The van der Waals surface area contributed by atoms with Gasteiger partial charge in [0, 0.05) is 13.1 Å². The molecule has 110 valence electrons. The number of carbonyl (C=O) groups excluding carboxylic acids is 1. The summed E-state index contributed by atoms with van der Waals surface area (Å²) in [6.07, 6.45) is 3.38. The maximum Gasteiger partial charge on any atom is 0.277 e. The summed E-state index contributed by atoms with van der Waals surface area (Å²) in [6, 6.07) is 3.83. The van der Waals surface area contributed by atoms with E-state index >= 15 is 0 Å². The van der Waals surface area contributed by atoms with Crippen molar-refractivity contribution >= 4 is 29.0 Å². The van der Waals surface area contributed by atoms with E-state index < -0.39 is 0 Å². The van der Waals surface area contributed by atoms with Crippen LogP contribution in [0.4, 0.5) is 0 Å². The maximum atomic E-state index is 12.1. The average molecular weight is 321 g/mol. The van der Waals surface area contributed by atoms with Crippen LogP contribution in [-0.4, -0.2) is 39.8 Å². The van der Waals surface area contributed by atoms with Crippen LogP contribution in [0.2, 0.25) is 0 Å². The minimum absolute atomic E-state index is 0.0179. The second-order valence-corrected chi connectivity index (χ2v) is 5.89. The summed E-state index contributed by atoms with van der Waals surface area (Å²) in [5, 5.41) is 10.2. The standard InChI is InChI=1S/C14H15N3O2S2/c1-3-7-17(8-4-2)12(18)10-21-14-16-15-13(19-14)11-6-5-9-20-11/h3-6,9H,1-2,7-8,10H2. The van der Waals surface area contributed by atoms with E-state index in [2.05, 4.69) is 23.4 Å². The van der Waals surface area contributed by atoms with Crippen molar-refractivity contribution < 1.29 is 9.21 Å². The quantitative estimate of drug-likeness (QED) is 0.552. The van der Waals surface area contributed by atoms with E-state index in [0.29, 0.717) is 24.2 Å². The lowest BCUT2D eigenvalue weighted by Gasteiger charge is -2.18. The molecule has 2 rings (SSSR count). The predicted molar refractivity (Wildman–Crippen MR) is 85.3 cm³/mol. The zero-order chi connectivity index (χ0) is 15.1. The Morgan fingerprint density at radius 2 is 2.14 bits per heavy atom. The topological polar surface area (TPSA) is 59.2 Å². The molecule has 0 saturated carbocycles. The highest BCUT2D eigenvalue weighted by atomic mass is 32.2. The van der Waals surface area contributed by atoms with Crippen LogP contribution in [0.25, 0.3) is 10.8 Å². The Bertz CT molecular complexity index is 598. The van der Waals surface area contributed by atoms with E-state index in [1.165, 1.54) is 23.1 Å². The molecule has 1 amide bonds. The van der Waals surface area contributed by atoms with Crippen molar-refractivity contribution in [1.82, 2.24) is 15.1 Å². The second kappa shape index (κ2) is 7.80. The Morgan fingerprint density at radius 3 is 2.76 bits per heavy atom. The number of aromatic nitrogens is 2. The maximum absolute atomic E-state index is 12.1. The molecular formula is C14H15N3O2S2. The number of carbonyl (C=O) groups is 1. The summed E-state index contributed by atoms with van der Waals surface area (Å²) in [4.78, 5) is 14.6. The minimum atomic E-state index is -0.0179. The first-order valence-electron chi connectivity index (χ1n) is 6.24. The normalized spacial score (nSPS) is 10.3. The van der Waals surface area contributed by atoms with E-state index in [-0.39, 0.29) is 11.7 Å². The van der Waals surface area contributed by atoms with Crippen molar-refractivity contribution in [1.29, 1.82) is 0 Å². The SMILES string of the molecule is C=CCN(CC=C)C(=O)CSc1nnc(-c2cccs2)o1. The smallest absolute Gasteiger partial charge is 0.277 e. The van der Waals surface area contributed by atoms with Crippen LogP contribution in [0.3, 0.4) is 0 Å². The highest BCUT2D eigenvalue weighted by molar-refractivity contribution is 7.99. The van der Waals surface area contributed by atoms with Gasteiger partial charge in [-0.05, 0) is 11.4 Å². The van der Waals surface area contributed by atoms with E-state index in [1.807, 2.05) is 17.5 Å². The van der Waals surface area contributed by atoms with Crippen molar-refractivity contribution in [2.75, 3.05) is 18.8 Å². The van der Waals surface area contributed by atoms with Gasteiger partial charge in [-0.3, -0.25) is 4.79 Å². The molecule has 0 bridgehead atoms. The van der Waals surface area contributed by atoms with Gasteiger partial charge in [0.25, 0.3) is 11.1 Å². The third-order valence-corrected chi connectivity index (χ3v) is 4.17. The van der Waals surface area contributed by atoms with Gasteiger partial charge >= 0.3 is 0 Å². The number of thioether (sulfide) groups is 1. The van der Waals surface area contributed by atoms with Crippen molar-refractivity contribution in [2.24, 2.45) is 0 Å². The summed E-state index contributed by atoms with van der Waals surface area (Å²) >= 11 is 2.76. The van der Waals surface area contributed by atoms with Gasteiger partial charge < -0.3 is 9.32 Å². The molecule has 2 aromatic rings. The first kappa shape index (κ1) is 15.5. The van der Waals surface area contributed by atoms with Crippen molar-refractivity contribution in [3.05, 3.63) is 42.8 Å². The van der Waals surface area contributed by atoms with Gasteiger partial charge in [-0.15, -0.1) is 34.7 Å². The zero-order valence-corrected chi connectivity index (χ0v) is 13.0. The Morgan fingerprint density at radius 1 is 1.38 bits per heavy atom. The van der Waals surface area contributed by atoms with Crippen molar-refractivity contribution in [3.8, 4) is 10.8 Å². The van der Waals surface area contributed by atoms with Crippen LogP contribution in [0, 0.1) is 0 Å². The summed E-state index contributed by atoms with van der Waals surface area (Å²) in [7, 11) is 0. The summed E-state index contributed by atoms with van der Waals surface area (Å²) in [6.45, 7) is 8.27. The molecule has 0 saturated heterocycles.